The Bertz CT molecular complexity index is 489. The van der Waals surface area contributed by atoms with Gasteiger partial charge in [0, 0.05) is 37.1 Å². The predicted molar refractivity (Wildman–Crippen MR) is 68.2 cm³/mol. The second-order valence-electron chi connectivity index (χ2n) is 4.64. The van der Waals surface area contributed by atoms with Crippen LogP contribution in [0.25, 0.3) is 0 Å². The Morgan fingerprint density at radius 2 is 2.47 bits per heavy atom. The van der Waals surface area contributed by atoms with E-state index in [9.17, 15) is 5.11 Å². The van der Waals surface area contributed by atoms with E-state index in [2.05, 4.69) is 33.3 Å². The molecule has 90 valence electrons. The summed E-state index contributed by atoms with van der Waals surface area (Å²) in [5.41, 5.74) is 1.15. The molecule has 0 aliphatic carbocycles. The molecule has 1 atom stereocenters. The molecule has 2 aromatic heterocycles. The minimum atomic E-state index is 0.285. The Morgan fingerprint density at radius 1 is 1.53 bits per heavy atom. The molecule has 3 heterocycles. The van der Waals surface area contributed by atoms with Gasteiger partial charge in [0.05, 0.1) is 5.69 Å². The van der Waals surface area contributed by atoms with Crippen LogP contribution in [0.5, 0.6) is 0 Å². The van der Waals surface area contributed by atoms with E-state index in [1.165, 1.54) is 4.88 Å². The van der Waals surface area contributed by atoms with Crippen LogP contribution in [0.15, 0.2) is 23.7 Å². The first-order chi connectivity index (χ1) is 8.35. The molecule has 2 aromatic rings. The highest BCUT2D eigenvalue weighted by Gasteiger charge is 2.19. The molecular weight excluding hydrogens is 232 g/mol. The molecule has 0 spiro atoms. The average Bonchev–Trinajstić information content (AvgIpc) is 2.96. The summed E-state index contributed by atoms with van der Waals surface area (Å²) in [6.45, 7) is 1.28. The van der Waals surface area contributed by atoms with Crippen LogP contribution in [0.4, 0.5) is 0 Å². The molecule has 3 rings (SSSR count). The molecule has 4 heteroatoms. The molecule has 0 saturated heterocycles. The van der Waals surface area contributed by atoms with Crippen LogP contribution >= 0.6 is 11.3 Å². The van der Waals surface area contributed by atoms with Crippen LogP contribution in [0.2, 0.25) is 0 Å². The third-order valence-electron chi connectivity index (χ3n) is 3.35. The lowest BCUT2D eigenvalue weighted by Crippen LogP contribution is -2.21. The summed E-state index contributed by atoms with van der Waals surface area (Å²) in [5, 5.41) is 11.3. The number of hydrogen-bond donors (Lipinski definition) is 1. The summed E-state index contributed by atoms with van der Waals surface area (Å²) in [5.74, 6) is 1.54. The van der Waals surface area contributed by atoms with Crippen molar-refractivity contribution in [1.82, 2.24) is 9.55 Å². The maximum atomic E-state index is 9.20. The van der Waals surface area contributed by atoms with Crippen LogP contribution in [0.3, 0.4) is 0 Å². The molecule has 17 heavy (non-hydrogen) atoms. The van der Waals surface area contributed by atoms with Crippen molar-refractivity contribution in [2.24, 2.45) is 5.92 Å². The Kier molecular flexibility index (Phi) is 2.99. The van der Waals surface area contributed by atoms with E-state index in [4.69, 9.17) is 0 Å². The largest absolute Gasteiger partial charge is 0.396 e. The van der Waals surface area contributed by atoms with E-state index < -0.39 is 0 Å². The van der Waals surface area contributed by atoms with E-state index in [0.29, 0.717) is 5.92 Å². The zero-order chi connectivity index (χ0) is 11.7. The fraction of sp³-hybridized carbons (Fsp3) is 0.462. The van der Waals surface area contributed by atoms with Crippen LogP contribution < -0.4 is 0 Å². The lowest BCUT2D eigenvalue weighted by Gasteiger charge is -2.20. The van der Waals surface area contributed by atoms with Gasteiger partial charge in [-0.2, -0.15) is 0 Å². The van der Waals surface area contributed by atoms with Gasteiger partial charge in [-0.3, -0.25) is 0 Å². The topological polar surface area (TPSA) is 38.0 Å². The monoisotopic (exact) mass is 248 g/mol. The summed E-state index contributed by atoms with van der Waals surface area (Å²) >= 11 is 1.78. The summed E-state index contributed by atoms with van der Waals surface area (Å²) < 4.78 is 2.25. The van der Waals surface area contributed by atoms with Crippen LogP contribution in [0.1, 0.15) is 22.8 Å². The van der Waals surface area contributed by atoms with E-state index in [1.807, 2.05) is 0 Å². The number of rotatable bonds is 3. The van der Waals surface area contributed by atoms with Crippen LogP contribution in [-0.4, -0.2) is 21.3 Å². The lowest BCUT2D eigenvalue weighted by molar-refractivity contribution is 0.199. The summed E-state index contributed by atoms with van der Waals surface area (Å²) in [4.78, 5) is 6.04. The minimum Gasteiger partial charge on any atom is -0.396 e. The van der Waals surface area contributed by atoms with Crippen molar-refractivity contribution in [3.05, 3.63) is 40.1 Å². The van der Waals surface area contributed by atoms with Gasteiger partial charge in [-0.25, -0.2) is 4.98 Å². The molecule has 0 bridgehead atoms. The minimum absolute atomic E-state index is 0.285. The normalized spacial score (nSPS) is 19.2. The number of imidazole rings is 1. The number of aliphatic hydroxyl groups excluding tert-OH is 1. The Morgan fingerprint density at radius 3 is 3.24 bits per heavy atom. The van der Waals surface area contributed by atoms with E-state index in [0.717, 1.165) is 37.3 Å². The number of aryl methyl sites for hydroxylation is 1. The van der Waals surface area contributed by atoms with Gasteiger partial charge in [0.25, 0.3) is 0 Å². The summed E-state index contributed by atoms with van der Waals surface area (Å²) in [6.07, 6.45) is 5.09. The van der Waals surface area contributed by atoms with E-state index >= 15 is 0 Å². The molecule has 0 amide bonds. The first kappa shape index (κ1) is 11.0. The first-order valence-electron chi connectivity index (χ1n) is 6.03. The summed E-state index contributed by atoms with van der Waals surface area (Å²) in [6, 6.07) is 4.23. The third-order valence-corrected chi connectivity index (χ3v) is 4.23. The zero-order valence-corrected chi connectivity index (χ0v) is 10.5. The number of nitrogens with zero attached hydrogens (tertiary/aromatic N) is 2. The second-order valence-corrected chi connectivity index (χ2v) is 5.67. The zero-order valence-electron chi connectivity index (χ0n) is 9.67. The third kappa shape index (κ3) is 2.28. The molecule has 1 aliphatic rings. The Labute approximate surface area is 105 Å². The smallest absolute Gasteiger partial charge is 0.109 e. The lowest BCUT2D eigenvalue weighted by atomic mass is 9.99. The van der Waals surface area contributed by atoms with Crippen molar-refractivity contribution >= 4 is 11.3 Å². The molecule has 0 fully saturated rings. The van der Waals surface area contributed by atoms with Crippen molar-refractivity contribution < 1.29 is 5.11 Å². The molecule has 0 saturated carbocycles. The number of fused-ring (bicyclic) bond motifs is 1. The maximum Gasteiger partial charge on any atom is 0.109 e. The van der Waals surface area contributed by atoms with E-state index in [-0.39, 0.29) is 6.61 Å². The van der Waals surface area contributed by atoms with Gasteiger partial charge in [-0.15, -0.1) is 11.3 Å². The first-order valence-corrected chi connectivity index (χ1v) is 6.91. The fourth-order valence-electron chi connectivity index (χ4n) is 2.38. The predicted octanol–water partition coefficient (Wildman–Crippen LogP) is 2.09. The highest BCUT2D eigenvalue weighted by molar-refractivity contribution is 7.09. The van der Waals surface area contributed by atoms with Gasteiger partial charge in [-0.1, -0.05) is 6.07 Å². The van der Waals surface area contributed by atoms with Gasteiger partial charge in [0.1, 0.15) is 5.82 Å². The van der Waals surface area contributed by atoms with Crippen molar-refractivity contribution in [3.63, 3.8) is 0 Å². The number of thiophene rings is 1. The number of aliphatic hydroxyl groups is 1. The van der Waals surface area contributed by atoms with Gasteiger partial charge < -0.3 is 9.67 Å². The standard InChI is InChI=1S/C13H16N2OS/c16-9-10-3-4-15-8-11(14-13(15)6-10)7-12-2-1-5-17-12/h1-2,5,8,10,16H,3-4,6-7,9H2. The van der Waals surface area contributed by atoms with Crippen molar-refractivity contribution in [1.29, 1.82) is 0 Å². The summed E-state index contributed by atoms with van der Waals surface area (Å²) in [7, 11) is 0. The van der Waals surface area contributed by atoms with Gasteiger partial charge in [0.15, 0.2) is 0 Å². The van der Waals surface area contributed by atoms with Gasteiger partial charge >= 0.3 is 0 Å². The molecule has 1 N–H and O–H groups in total. The van der Waals surface area contributed by atoms with Gasteiger partial charge in [-0.05, 0) is 23.8 Å². The highest BCUT2D eigenvalue weighted by atomic mass is 32.1. The quantitative estimate of drug-likeness (QED) is 0.903. The van der Waals surface area contributed by atoms with Crippen molar-refractivity contribution in [2.45, 2.75) is 25.8 Å². The molecule has 0 aromatic carbocycles. The van der Waals surface area contributed by atoms with Gasteiger partial charge in [0.2, 0.25) is 0 Å². The number of hydrogen-bond acceptors (Lipinski definition) is 3. The molecule has 0 radical (unpaired) electrons. The molecule has 1 aliphatic heterocycles. The molecule has 3 nitrogen and oxygen atoms in total. The van der Waals surface area contributed by atoms with E-state index in [1.54, 1.807) is 11.3 Å². The van der Waals surface area contributed by atoms with Crippen LogP contribution in [0, 0.1) is 5.92 Å². The number of aromatic nitrogens is 2. The molecular formula is C13H16N2OS. The van der Waals surface area contributed by atoms with Crippen LogP contribution in [-0.2, 0) is 19.4 Å². The SMILES string of the molecule is OCC1CCn2cc(Cc3cccs3)nc2C1. The molecule has 1 unspecified atom stereocenters. The van der Waals surface area contributed by atoms with Crippen molar-refractivity contribution in [3.8, 4) is 0 Å². The second kappa shape index (κ2) is 4.63. The fourth-order valence-corrected chi connectivity index (χ4v) is 3.10. The van der Waals surface area contributed by atoms with Crippen molar-refractivity contribution in [2.75, 3.05) is 6.61 Å². The Hall–Kier alpha value is -1.13. The highest BCUT2D eigenvalue weighted by Crippen LogP contribution is 2.21. The Balaban J connectivity index is 1.78. The maximum absolute atomic E-state index is 9.20. The average molecular weight is 248 g/mol.